The molecule has 2 aromatic rings. The van der Waals surface area contributed by atoms with Crippen molar-refractivity contribution in [3.05, 3.63) is 36.5 Å². The van der Waals surface area contributed by atoms with Gasteiger partial charge in [0.2, 0.25) is 0 Å². The molecule has 0 spiro atoms. The van der Waals surface area contributed by atoms with Crippen LogP contribution < -0.4 is 19.3 Å². The summed E-state index contributed by atoms with van der Waals surface area (Å²) >= 11 is 0. The molecule has 27 heavy (non-hydrogen) atoms. The Kier molecular flexibility index (Phi) is 5.95. The summed E-state index contributed by atoms with van der Waals surface area (Å²) in [7, 11) is 5.56. The van der Waals surface area contributed by atoms with Crippen LogP contribution in [0.5, 0.6) is 11.5 Å². The SMILES string of the molecule is COc1ccc(OCC(=O)N2CCN(c3cc(N(C)C)cnn3)CC2)cc1. The van der Waals surface area contributed by atoms with Gasteiger partial charge in [-0.05, 0) is 24.3 Å². The predicted octanol–water partition coefficient (Wildman–Crippen LogP) is 1.28. The van der Waals surface area contributed by atoms with Gasteiger partial charge in [-0.25, -0.2) is 0 Å². The number of anilines is 2. The number of nitrogens with zero attached hydrogens (tertiary/aromatic N) is 5. The van der Waals surface area contributed by atoms with Gasteiger partial charge in [-0.3, -0.25) is 4.79 Å². The van der Waals surface area contributed by atoms with Crippen molar-refractivity contribution >= 4 is 17.4 Å². The summed E-state index contributed by atoms with van der Waals surface area (Å²) < 4.78 is 10.7. The van der Waals surface area contributed by atoms with Crippen LogP contribution in [0.1, 0.15) is 0 Å². The van der Waals surface area contributed by atoms with Crippen molar-refractivity contribution in [2.75, 3.05) is 63.8 Å². The van der Waals surface area contributed by atoms with Gasteiger partial charge in [-0.15, -0.1) is 5.10 Å². The number of ether oxygens (including phenoxy) is 2. The number of carbonyl (C=O) groups is 1. The molecular weight excluding hydrogens is 346 g/mol. The zero-order valence-electron chi connectivity index (χ0n) is 16.0. The molecule has 1 fully saturated rings. The lowest BCUT2D eigenvalue weighted by Gasteiger charge is -2.35. The summed E-state index contributed by atoms with van der Waals surface area (Å²) in [6.45, 7) is 2.75. The van der Waals surface area contributed by atoms with Gasteiger partial charge < -0.3 is 24.2 Å². The minimum atomic E-state index is -0.0152. The van der Waals surface area contributed by atoms with Crippen LogP contribution in [0.2, 0.25) is 0 Å². The molecule has 0 aliphatic carbocycles. The van der Waals surface area contributed by atoms with Gasteiger partial charge in [-0.1, -0.05) is 0 Å². The lowest BCUT2D eigenvalue weighted by Crippen LogP contribution is -2.50. The van der Waals surface area contributed by atoms with E-state index in [4.69, 9.17) is 9.47 Å². The third kappa shape index (κ3) is 4.78. The standard InChI is InChI=1S/C19H25N5O3/c1-22(2)15-12-18(21-20-13-15)23-8-10-24(11-9-23)19(25)14-27-17-6-4-16(26-3)5-7-17/h4-7,12-13H,8-11,14H2,1-3H3. The molecular formula is C19H25N5O3. The number of benzene rings is 1. The third-order valence-electron chi connectivity index (χ3n) is 4.52. The summed E-state index contributed by atoms with van der Waals surface area (Å²) in [5.74, 6) is 2.23. The molecule has 1 aromatic heterocycles. The number of carbonyl (C=O) groups excluding carboxylic acids is 1. The van der Waals surface area contributed by atoms with E-state index in [1.165, 1.54) is 0 Å². The molecule has 1 aliphatic rings. The highest BCUT2D eigenvalue weighted by molar-refractivity contribution is 5.78. The predicted molar refractivity (Wildman–Crippen MR) is 104 cm³/mol. The quantitative estimate of drug-likeness (QED) is 0.757. The molecule has 2 heterocycles. The molecule has 1 aromatic carbocycles. The smallest absolute Gasteiger partial charge is 0.260 e. The molecule has 0 N–H and O–H groups in total. The number of piperazine rings is 1. The first-order valence-corrected chi connectivity index (χ1v) is 8.86. The molecule has 1 aliphatic heterocycles. The Hall–Kier alpha value is -3.03. The maximum Gasteiger partial charge on any atom is 0.260 e. The molecule has 1 saturated heterocycles. The fraction of sp³-hybridized carbons (Fsp3) is 0.421. The minimum Gasteiger partial charge on any atom is -0.497 e. The van der Waals surface area contributed by atoms with Gasteiger partial charge in [0.05, 0.1) is 19.0 Å². The summed E-state index contributed by atoms with van der Waals surface area (Å²) in [6, 6.07) is 9.21. The second-order valence-corrected chi connectivity index (χ2v) is 6.50. The normalized spacial score (nSPS) is 14.0. The van der Waals surface area contributed by atoms with Crippen LogP contribution in [0, 0.1) is 0 Å². The highest BCUT2D eigenvalue weighted by atomic mass is 16.5. The molecule has 144 valence electrons. The zero-order chi connectivity index (χ0) is 19.2. The van der Waals surface area contributed by atoms with Crippen molar-refractivity contribution in [1.82, 2.24) is 15.1 Å². The average molecular weight is 371 g/mol. The molecule has 0 atom stereocenters. The Morgan fingerprint density at radius 3 is 2.41 bits per heavy atom. The van der Waals surface area contributed by atoms with E-state index in [1.807, 2.05) is 42.1 Å². The summed E-state index contributed by atoms with van der Waals surface area (Å²) in [4.78, 5) is 18.4. The summed E-state index contributed by atoms with van der Waals surface area (Å²) in [5, 5.41) is 8.28. The van der Waals surface area contributed by atoms with Crippen molar-refractivity contribution in [3.8, 4) is 11.5 Å². The number of hydrogen-bond donors (Lipinski definition) is 0. The zero-order valence-corrected chi connectivity index (χ0v) is 16.0. The van der Waals surface area contributed by atoms with E-state index in [0.717, 1.165) is 30.3 Å². The summed E-state index contributed by atoms with van der Waals surface area (Å²) in [6.07, 6.45) is 1.74. The first kappa shape index (κ1) is 18.8. The Labute approximate surface area is 159 Å². The van der Waals surface area contributed by atoms with Gasteiger partial charge >= 0.3 is 0 Å². The van der Waals surface area contributed by atoms with Crippen LogP contribution in [-0.4, -0.2) is 75.0 Å². The summed E-state index contributed by atoms with van der Waals surface area (Å²) in [5.41, 5.74) is 1.01. The first-order chi connectivity index (χ1) is 13.1. The van der Waals surface area contributed by atoms with Gasteiger partial charge in [0.1, 0.15) is 11.5 Å². The molecule has 0 bridgehead atoms. The van der Waals surface area contributed by atoms with E-state index >= 15 is 0 Å². The van der Waals surface area contributed by atoms with Crippen LogP contribution >= 0.6 is 0 Å². The molecule has 0 saturated carbocycles. The first-order valence-electron chi connectivity index (χ1n) is 8.86. The lowest BCUT2D eigenvalue weighted by molar-refractivity contribution is -0.133. The number of rotatable bonds is 6. The molecule has 8 nitrogen and oxygen atoms in total. The second kappa shape index (κ2) is 8.57. The van der Waals surface area contributed by atoms with Crippen LogP contribution in [0.3, 0.4) is 0 Å². The number of amides is 1. The van der Waals surface area contributed by atoms with E-state index in [1.54, 1.807) is 25.4 Å². The fourth-order valence-corrected chi connectivity index (χ4v) is 2.84. The highest BCUT2D eigenvalue weighted by Gasteiger charge is 2.22. The van der Waals surface area contributed by atoms with Crippen molar-refractivity contribution in [2.24, 2.45) is 0 Å². The van der Waals surface area contributed by atoms with Crippen LogP contribution in [0.15, 0.2) is 36.5 Å². The van der Waals surface area contributed by atoms with Gasteiger partial charge in [0.25, 0.3) is 5.91 Å². The van der Waals surface area contributed by atoms with E-state index in [9.17, 15) is 4.79 Å². The highest BCUT2D eigenvalue weighted by Crippen LogP contribution is 2.19. The van der Waals surface area contributed by atoms with Gasteiger partial charge in [-0.2, -0.15) is 5.10 Å². The Balaban J connectivity index is 1.49. The number of aromatic nitrogens is 2. The molecule has 8 heteroatoms. The lowest BCUT2D eigenvalue weighted by atomic mass is 10.3. The Morgan fingerprint density at radius 2 is 1.78 bits per heavy atom. The fourth-order valence-electron chi connectivity index (χ4n) is 2.84. The van der Waals surface area contributed by atoms with Gasteiger partial charge in [0.15, 0.2) is 12.4 Å². The third-order valence-corrected chi connectivity index (χ3v) is 4.52. The number of methoxy groups -OCH3 is 1. The van der Waals surface area contributed by atoms with Crippen molar-refractivity contribution < 1.29 is 14.3 Å². The minimum absolute atomic E-state index is 0.0152. The molecule has 1 amide bonds. The Bertz CT molecular complexity index is 758. The van der Waals surface area contributed by atoms with Crippen LogP contribution in [0.25, 0.3) is 0 Å². The van der Waals surface area contributed by atoms with E-state index in [0.29, 0.717) is 18.8 Å². The molecule has 0 unspecified atom stereocenters. The van der Waals surface area contributed by atoms with Crippen LogP contribution in [-0.2, 0) is 4.79 Å². The van der Waals surface area contributed by atoms with E-state index in [2.05, 4.69) is 15.1 Å². The second-order valence-electron chi connectivity index (χ2n) is 6.50. The molecule has 0 radical (unpaired) electrons. The Morgan fingerprint density at radius 1 is 1.11 bits per heavy atom. The average Bonchev–Trinajstić information content (AvgIpc) is 2.72. The number of hydrogen-bond acceptors (Lipinski definition) is 7. The van der Waals surface area contributed by atoms with Gasteiger partial charge in [0, 0.05) is 46.3 Å². The van der Waals surface area contributed by atoms with Crippen molar-refractivity contribution in [1.29, 1.82) is 0 Å². The van der Waals surface area contributed by atoms with Crippen molar-refractivity contribution in [2.45, 2.75) is 0 Å². The monoisotopic (exact) mass is 371 g/mol. The maximum absolute atomic E-state index is 12.4. The largest absolute Gasteiger partial charge is 0.497 e. The molecule has 3 rings (SSSR count). The van der Waals surface area contributed by atoms with Crippen LogP contribution in [0.4, 0.5) is 11.5 Å². The topological polar surface area (TPSA) is 71.0 Å². The van der Waals surface area contributed by atoms with E-state index in [-0.39, 0.29) is 12.5 Å². The maximum atomic E-state index is 12.4. The van der Waals surface area contributed by atoms with E-state index < -0.39 is 0 Å². The van der Waals surface area contributed by atoms with Crippen molar-refractivity contribution in [3.63, 3.8) is 0 Å².